The smallest absolute Gasteiger partial charge is 0.213 e. The van der Waals surface area contributed by atoms with E-state index in [0.717, 1.165) is 36.7 Å². The lowest BCUT2D eigenvalue weighted by Crippen LogP contribution is -2.45. The fourth-order valence-corrected chi connectivity index (χ4v) is 3.65. The third-order valence-corrected chi connectivity index (χ3v) is 4.79. The number of methoxy groups -OCH3 is 1. The molecule has 2 unspecified atom stereocenters. The molecule has 1 aliphatic rings. The van der Waals surface area contributed by atoms with Crippen molar-refractivity contribution in [3.8, 4) is 0 Å². The number of ether oxygens (including phenoxy) is 1. The number of halogens is 1. The Morgan fingerprint density at radius 2 is 2.40 bits per heavy atom. The van der Waals surface area contributed by atoms with Gasteiger partial charge in [0.1, 0.15) is 11.3 Å². The molecular formula is C15H23BrN2O2. The molecule has 0 amide bonds. The van der Waals surface area contributed by atoms with Crippen molar-refractivity contribution < 1.29 is 9.53 Å². The van der Waals surface area contributed by atoms with Crippen LogP contribution in [-0.4, -0.2) is 28.3 Å². The summed E-state index contributed by atoms with van der Waals surface area (Å²) in [6.07, 6.45) is 6.47. The minimum absolute atomic E-state index is 0.0735. The van der Waals surface area contributed by atoms with Crippen molar-refractivity contribution in [2.24, 2.45) is 5.92 Å². The van der Waals surface area contributed by atoms with Crippen LogP contribution < -0.4 is 0 Å². The highest BCUT2D eigenvalue weighted by Crippen LogP contribution is 2.38. The topological polar surface area (TPSA) is 44.1 Å². The molecule has 1 saturated carbocycles. The van der Waals surface area contributed by atoms with Crippen molar-refractivity contribution in [1.29, 1.82) is 0 Å². The minimum Gasteiger partial charge on any atom is -0.370 e. The van der Waals surface area contributed by atoms with Crippen LogP contribution in [0.15, 0.2) is 10.7 Å². The van der Waals surface area contributed by atoms with Crippen LogP contribution in [0.4, 0.5) is 0 Å². The summed E-state index contributed by atoms with van der Waals surface area (Å²) in [6.45, 7) is 5.03. The fourth-order valence-electron chi connectivity index (χ4n) is 3.17. The van der Waals surface area contributed by atoms with Gasteiger partial charge in [0.2, 0.25) is 5.78 Å². The second-order valence-electron chi connectivity index (χ2n) is 5.79. The number of nitrogens with zero attached hydrogens (tertiary/aromatic N) is 2. The van der Waals surface area contributed by atoms with Gasteiger partial charge in [0.25, 0.3) is 0 Å². The Morgan fingerprint density at radius 3 is 3.00 bits per heavy atom. The number of aryl methyl sites for hydroxylation is 1. The maximum absolute atomic E-state index is 13.1. The molecule has 4 nitrogen and oxygen atoms in total. The standard InChI is InChI=1S/C15H23BrN2O2/c1-4-8-18-13(12(16)10-17-18)14(19)15(20-3)7-5-6-11(2)9-15/h10-11H,4-9H2,1-3H3. The molecule has 5 heteroatoms. The predicted octanol–water partition coefficient (Wildman–Crippen LogP) is 3.83. The molecule has 0 N–H and O–H groups in total. The Labute approximate surface area is 129 Å². The lowest BCUT2D eigenvalue weighted by molar-refractivity contribution is -0.0310. The van der Waals surface area contributed by atoms with E-state index in [2.05, 4.69) is 34.9 Å². The van der Waals surface area contributed by atoms with E-state index in [1.165, 1.54) is 6.42 Å². The van der Waals surface area contributed by atoms with Gasteiger partial charge in [-0.05, 0) is 47.5 Å². The van der Waals surface area contributed by atoms with Crippen LogP contribution in [0.5, 0.6) is 0 Å². The molecule has 112 valence electrons. The molecule has 0 aromatic carbocycles. The maximum Gasteiger partial charge on any atom is 0.213 e. The first-order chi connectivity index (χ1) is 9.54. The van der Waals surface area contributed by atoms with Gasteiger partial charge in [-0.15, -0.1) is 0 Å². The number of carbonyl (C=O) groups is 1. The average molecular weight is 343 g/mol. The zero-order valence-electron chi connectivity index (χ0n) is 12.5. The number of rotatable bonds is 5. The Balaban J connectivity index is 2.35. The molecule has 0 spiro atoms. The molecule has 20 heavy (non-hydrogen) atoms. The largest absolute Gasteiger partial charge is 0.370 e. The summed E-state index contributed by atoms with van der Waals surface area (Å²) >= 11 is 3.46. The van der Waals surface area contributed by atoms with Gasteiger partial charge in [-0.3, -0.25) is 9.48 Å². The van der Waals surface area contributed by atoms with Gasteiger partial charge in [0.05, 0.1) is 10.7 Å². The number of aromatic nitrogens is 2. The van der Waals surface area contributed by atoms with Crippen LogP contribution in [0, 0.1) is 5.92 Å². The molecule has 1 heterocycles. The van der Waals surface area contributed by atoms with E-state index in [4.69, 9.17) is 4.74 Å². The van der Waals surface area contributed by atoms with Crippen molar-refractivity contribution in [2.45, 2.75) is 58.1 Å². The Morgan fingerprint density at radius 1 is 1.65 bits per heavy atom. The van der Waals surface area contributed by atoms with Gasteiger partial charge in [-0.25, -0.2) is 0 Å². The first-order valence-corrected chi connectivity index (χ1v) is 8.14. The lowest BCUT2D eigenvalue weighted by Gasteiger charge is -2.37. The number of carbonyl (C=O) groups excluding carboxylic acids is 1. The van der Waals surface area contributed by atoms with Crippen molar-refractivity contribution in [3.63, 3.8) is 0 Å². The Kier molecular flexibility index (Phi) is 5.02. The molecule has 0 bridgehead atoms. The maximum atomic E-state index is 13.1. The van der Waals surface area contributed by atoms with E-state index in [9.17, 15) is 4.79 Å². The summed E-state index contributed by atoms with van der Waals surface area (Å²) in [5.74, 6) is 0.596. The van der Waals surface area contributed by atoms with Crippen LogP contribution >= 0.6 is 15.9 Å². The fraction of sp³-hybridized carbons (Fsp3) is 0.733. The second-order valence-corrected chi connectivity index (χ2v) is 6.65. The molecule has 1 aliphatic carbocycles. The second kappa shape index (κ2) is 6.39. The molecule has 0 radical (unpaired) electrons. The lowest BCUT2D eigenvalue weighted by atomic mass is 9.75. The highest BCUT2D eigenvalue weighted by atomic mass is 79.9. The monoisotopic (exact) mass is 342 g/mol. The van der Waals surface area contributed by atoms with Crippen LogP contribution in [0.25, 0.3) is 0 Å². The van der Waals surface area contributed by atoms with Gasteiger partial charge in [0.15, 0.2) is 0 Å². The van der Waals surface area contributed by atoms with Crippen molar-refractivity contribution in [2.75, 3.05) is 7.11 Å². The van der Waals surface area contributed by atoms with Crippen molar-refractivity contribution >= 4 is 21.7 Å². The molecule has 1 aromatic heterocycles. The zero-order valence-corrected chi connectivity index (χ0v) is 14.1. The average Bonchev–Trinajstić information content (AvgIpc) is 2.79. The van der Waals surface area contributed by atoms with Crippen molar-refractivity contribution in [1.82, 2.24) is 9.78 Å². The summed E-state index contributed by atoms with van der Waals surface area (Å²) in [4.78, 5) is 13.1. The SMILES string of the molecule is CCCn1ncc(Br)c1C(=O)C1(OC)CCCC(C)C1. The van der Waals surface area contributed by atoms with E-state index in [-0.39, 0.29) is 5.78 Å². The summed E-state index contributed by atoms with van der Waals surface area (Å²) < 4.78 is 8.28. The van der Waals surface area contributed by atoms with Gasteiger partial charge in [-0.2, -0.15) is 5.10 Å². The third-order valence-electron chi connectivity index (χ3n) is 4.21. The summed E-state index contributed by atoms with van der Waals surface area (Å²) in [5, 5.41) is 4.30. The Hall–Kier alpha value is -0.680. The summed E-state index contributed by atoms with van der Waals surface area (Å²) in [7, 11) is 1.66. The molecule has 2 rings (SSSR count). The third kappa shape index (κ3) is 2.84. The minimum atomic E-state index is -0.675. The normalized spacial score (nSPS) is 26.7. The molecule has 0 saturated heterocycles. The number of Topliss-reactive ketones (excluding diaryl/α,β-unsaturated/α-hetero) is 1. The van der Waals surface area contributed by atoms with Gasteiger partial charge < -0.3 is 4.74 Å². The van der Waals surface area contributed by atoms with E-state index in [1.54, 1.807) is 18.0 Å². The van der Waals surface area contributed by atoms with Gasteiger partial charge in [-0.1, -0.05) is 20.3 Å². The van der Waals surface area contributed by atoms with Crippen LogP contribution in [0.1, 0.15) is 56.4 Å². The summed E-state index contributed by atoms with van der Waals surface area (Å²) in [6, 6.07) is 0. The number of hydrogen-bond acceptors (Lipinski definition) is 3. The van der Waals surface area contributed by atoms with Gasteiger partial charge in [0, 0.05) is 13.7 Å². The first-order valence-electron chi connectivity index (χ1n) is 7.35. The zero-order chi connectivity index (χ0) is 14.8. The molecule has 1 fully saturated rings. The quantitative estimate of drug-likeness (QED) is 0.763. The van der Waals surface area contributed by atoms with Crippen LogP contribution in [-0.2, 0) is 11.3 Å². The van der Waals surface area contributed by atoms with Gasteiger partial charge >= 0.3 is 0 Å². The number of ketones is 1. The Bertz CT molecular complexity index is 486. The van der Waals surface area contributed by atoms with E-state index >= 15 is 0 Å². The molecule has 1 aromatic rings. The van der Waals surface area contributed by atoms with Crippen LogP contribution in [0.3, 0.4) is 0 Å². The highest BCUT2D eigenvalue weighted by Gasteiger charge is 2.44. The van der Waals surface area contributed by atoms with E-state index in [1.807, 2.05) is 0 Å². The predicted molar refractivity (Wildman–Crippen MR) is 81.9 cm³/mol. The molecule has 0 aliphatic heterocycles. The molecule has 2 atom stereocenters. The van der Waals surface area contributed by atoms with Crippen LogP contribution in [0.2, 0.25) is 0 Å². The summed E-state index contributed by atoms with van der Waals surface area (Å²) in [5.41, 5.74) is -0.0195. The molecular weight excluding hydrogens is 320 g/mol. The highest BCUT2D eigenvalue weighted by molar-refractivity contribution is 9.10. The van der Waals surface area contributed by atoms with E-state index in [0.29, 0.717) is 11.6 Å². The van der Waals surface area contributed by atoms with Crippen molar-refractivity contribution in [3.05, 3.63) is 16.4 Å². The van der Waals surface area contributed by atoms with E-state index < -0.39 is 5.60 Å². The number of hydrogen-bond donors (Lipinski definition) is 0. The first kappa shape index (κ1) is 15.7.